The number of hydrogen-bond acceptors (Lipinski definition) is 3. The smallest absolute Gasteiger partial charge is 0.266 e. The van der Waals surface area contributed by atoms with Gasteiger partial charge in [-0.2, -0.15) is 5.10 Å². The number of alkyl halides is 2. The highest BCUT2D eigenvalue weighted by Crippen LogP contribution is 2.29. The van der Waals surface area contributed by atoms with Gasteiger partial charge in [-0.25, -0.2) is 8.78 Å². The fraction of sp³-hybridized carbons (Fsp3) is 0.556. The molecule has 0 aliphatic carbocycles. The van der Waals surface area contributed by atoms with E-state index in [1.54, 1.807) is 17.0 Å². The van der Waals surface area contributed by atoms with Crippen LogP contribution in [0.2, 0.25) is 0 Å². The van der Waals surface area contributed by atoms with E-state index in [2.05, 4.69) is 10.2 Å². The average molecular weight is 199 g/mol. The monoisotopic (exact) mass is 199 g/mol. The molecule has 0 aromatic carbocycles. The molecule has 0 atom stereocenters. The Morgan fingerprint density at radius 3 is 2.64 bits per heavy atom. The Bertz CT molecular complexity index is 323. The third-order valence-electron chi connectivity index (χ3n) is 2.28. The second-order valence-corrected chi connectivity index (χ2v) is 3.56. The fourth-order valence-corrected chi connectivity index (χ4v) is 1.49. The summed E-state index contributed by atoms with van der Waals surface area (Å²) in [6.45, 7) is 1.92. The van der Waals surface area contributed by atoms with Gasteiger partial charge in [0, 0.05) is 13.0 Å². The van der Waals surface area contributed by atoms with Crippen LogP contribution in [0.5, 0.6) is 0 Å². The molecule has 0 unspecified atom stereocenters. The van der Waals surface area contributed by atoms with Gasteiger partial charge in [-0.1, -0.05) is 0 Å². The summed E-state index contributed by atoms with van der Waals surface area (Å²) >= 11 is 0. The molecule has 5 heteroatoms. The lowest BCUT2D eigenvalue weighted by molar-refractivity contribution is 0.0256. The fourth-order valence-electron chi connectivity index (χ4n) is 1.49. The molecule has 0 bridgehead atoms. The topological polar surface area (TPSA) is 29.0 Å². The predicted molar refractivity (Wildman–Crippen MR) is 48.5 cm³/mol. The van der Waals surface area contributed by atoms with Crippen LogP contribution in [-0.2, 0) is 0 Å². The Balaban J connectivity index is 2.14. The molecule has 0 spiro atoms. The molecule has 1 aliphatic rings. The number of aromatic nitrogens is 2. The van der Waals surface area contributed by atoms with E-state index in [1.807, 2.05) is 6.92 Å². The van der Waals surface area contributed by atoms with E-state index in [1.165, 1.54) is 0 Å². The maximum absolute atomic E-state index is 12.9. The summed E-state index contributed by atoms with van der Waals surface area (Å²) in [5.41, 5.74) is 0.791. The minimum Gasteiger partial charge on any atom is -0.349 e. The Hall–Kier alpha value is -1.26. The molecule has 2 heterocycles. The van der Waals surface area contributed by atoms with E-state index in [4.69, 9.17) is 0 Å². The molecular formula is C9H11F2N3. The summed E-state index contributed by atoms with van der Waals surface area (Å²) in [5.74, 6) is -2.04. The van der Waals surface area contributed by atoms with E-state index in [0.717, 1.165) is 5.69 Å². The molecule has 76 valence electrons. The highest BCUT2D eigenvalue weighted by Gasteiger charge is 2.38. The lowest BCUT2D eigenvalue weighted by Gasteiger charge is -2.15. The first kappa shape index (κ1) is 9.30. The third-order valence-corrected chi connectivity index (χ3v) is 2.28. The normalized spacial score (nSPS) is 20.1. The third kappa shape index (κ3) is 1.81. The maximum atomic E-state index is 12.9. The molecule has 1 fully saturated rings. The van der Waals surface area contributed by atoms with Crippen LogP contribution in [0.25, 0.3) is 0 Å². The van der Waals surface area contributed by atoms with Crippen LogP contribution in [-0.4, -0.2) is 29.2 Å². The van der Waals surface area contributed by atoms with Crippen molar-refractivity contribution >= 4 is 5.82 Å². The second-order valence-electron chi connectivity index (χ2n) is 3.56. The molecule has 1 aromatic rings. The molecule has 0 radical (unpaired) electrons. The molecule has 2 rings (SSSR count). The van der Waals surface area contributed by atoms with Crippen LogP contribution in [0.4, 0.5) is 14.6 Å². The Labute approximate surface area is 80.7 Å². The molecule has 0 amide bonds. The molecule has 3 nitrogen and oxygen atoms in total. The summed E-state index contributed by atoms with van der Waals surface area (Å²) in [6.07, 6.45) is -0.0947. The van der Waals surface area contributed by atoms with Gasteiger partial charge in [0.15, 0.2) is 5.82 Å². The van der Waals surface area contributed by atoms with Crippen LogP contribution in [0.1, 0.15) is 12.1 Å². The van der Waals surface area contributed by atoms with Crippen LogP contribution in [0, 0.1) is 6.92 Å². The summed E-state index contributed by atoms with van der Waals surface area (Å²) in [4.78, 5) is 1.56. The first-order valence-electron chi connectivity index (χ1n) is 4.50. The Kier molecular flexibility index (Phi) is 2.09. The number of halogens is 2. The second kappa shape index (κ2) is 3.15. The predicted octanol–water partition coefficient (Wildman–Crippen LogP) is 1.63. The van der Waals surface area contributed by atoms with E-state index < -0.39 is 5.92 Å². The first-order valence-corrected chi connectivity index (χ1v) is 4.50. The van der Waals surface area contributed by atoms with Gasteiger partial charge in [-0.05, 0) is 19.1 Å². The summed E-state index contributed by atoms with van der Waals surface area (Å²) < 4.78 is 25.7. The van der Waals surface area contributed by atoms with Crippen LogP contribution >= 0.6 is 0 Å². The quantitative estimate of drug-likeness (QED) is 0.688. The van der Waals surface area contributed by atoms with Gasteiger partial charge in [0.25, 0.3) is 5.92 Å². The van der Waals surface area contributed by atoms with E-state index in [-0.39, 0.29) is 13.0 Å². The molecule has 1 aliphatic heterocycles. The lowest BCUT2D eigenvalue weighted by atomic mass is 10.3. The Morgan fingerprint density at radius 2 is 2.14 bits per heavy atom. The zero-order valence-corrected chi connectivity index (χ0v) is 7.87. The Morgan fingerprint density at radius 1 is 1.36 bits per heavy atom. The zero-order valence-electron chi connectivity index (χ0n) is 7.87. The summed E-state index contributed by atoms with van der Waals surface area (Å²) in [7, 11) is 0. The number of nitrogens with zero attached hydrogens (tertiary/aromatic N) is 3. The molecule has 14 heavy (non-hydrogen) atoms. The van der Waals surface area contributed by atoms with Crippen molar-refractivity contribution in [1.82, 2.24) is 10.2 Å². The minimum absolute atomic E-state index is 0.0947. The van der Waals surface area contributed by atoms with Crippen molar-refractivity contribution in [3.05, 3.63) is 17.8 Å². The highest BCUT2D eigenvalue weighted by molar-refractivity contribution is 5.39. The minimum atomic E-state index is -2.58. The van der Waals surface area contributed by atoms with Crippen LogP contribution in [0.15, 0.2) is 12.1 Å². The van der Waals surface area contributed by atoms with E-state index in [0.29, 0.717) is 12.4 Å². The van der Waals surface area contributed by atoms with Crippen molar-refractivity contribution in [3.8, 4) is 0 Å². The maximum Gasteiger partial charge on any atom is 0.266 e. The molecule has 0 N–H and O–H groups in total. The van der Waals surface area contributed by atoms with Gasteiger partial charge in [0.2, 0.25) is 0 Å². The number of hydrogen-bond donors (Lipinski definition) is 0. The van der Waals surface area contributed by atoms with Gasteiger partial charge in [0.05, 0.1) is 12.2 Å². The van der Waals surface area contributed by atoms with Gasteiger partial charge in [-0.15, -0.1) is 5.10 Å². The van der Waals surface area contributed by atoms with Crippen molar-refractivity contribution in [2.75, 3.05) is 18.0 Å². The van der Waals surface area contributed by atoms with Gasteiger partial charge in [0.1, 0.15) is 0 Å². The van der Waals surface area contributed by atoms with Crippen molar-refractivity contribution in [2.24, 2.45) is 0 Å². The number of anilines is 1. The number of rotatable bonds is 1. The zero-order chi connectivity index (χ0) is 10.2. The number of aryl methyl sites for hydroxylation is 1. The van der Waals surface area contributed by atoms with Crippen molar-refractivity contribution in [2.45, 2.75) is 19.3 Å². The lowest BCUT2D eigenvalue weighted by Crippen LogP contribution is -2.25. The molecule has 1 saturated heterocycles. The van der Waals surface area contributed by atoms with E-state index >= 15 is 0 Å². The van der Waals surface area contributed by atoms with Crippen molar-refractivity contribution in [3.63, 3.8) is 0 Å². The summed E-state index contributed by atoms with van der Waals surface area (Å²) in [5, 5.41) is 7.70. The van der Waals surface area contributed by atoms with Crippen molar-refractivity contribution < 1.29 is 8.78 Å². The van der Waals surface area contributed by atoms with Gasteiger partial charge >= 0.3 is 0 Å². The van der Waals surface area contributed by atoms with Gasteiger partial charge < -0.3 is 4.90 Å². The molecule has 1 aromatic heterocycles. The molecule has 0 saturated carbocycles. The van der Waals surface area contributed by atoms with Gasteiger partial charge in [-0.3, -0.25) is 0 Å². The highest BCUT2D eigenvalue weighted by atomic mass is 19.3. The van der Waals surface area contributed by atoms with Crippen LogP contribution < -0.4 is 4.90 Å². The largest absolute Gasteiger partial charge is 0.349 e. The summed E-state index contributed by atoms with van der Waals surface area (Å²) in [6, 6.07) is 3.50. The average Bonchev–Trinajstić information content (AvgIpc) is 2.47. The first-order chi connectivity index (χ1) is 6.57. The molecular weight excluding hydrogens is 188 g/mol. The SMILES string of the molecule is Cc1ccc(N2CCC(F)(F)C2)nn1. The van der Waals surface area contributed by atoms with E-state index in [9.17, 15) is 8.78 Å². The van der Waals surface area contributed by atoms with Crippen molar-refractivity contribution in [1.29, 1.82) is 0 Å². The van der Waals surface area contributed by atoms with Crippen LogP contribution in [0.3, 0.4) is 0 Å². The standard InChI is InChI=1S/C9H11F2N3/c1-7-2-3-8(13-12-7)14-5-4-9(10,11)6-14/h2-3H,4-6H2,1H3.